The average Bonchev–Trinajstić information content (AvgIpc) is 2.63. The standard InChI is InChI=1S/C18H20N4O2/c1-14(23)21-10-12-22(13-11-21)18(24)20-16-8-5-9-19-17(16)15-6-3-2-4-7-15/h2-9H,10-13H2,1H3,(H,20,24). The Kier molecular flexibility index (Phi) is 4.74. The molecule has 3 rings (SSSR count). The predicted molar refractivity (Wildman–Crippen MR) is 92.5 cm³/mol. The number of carbonyl (C=O) groups excluding carboxylic acids is 2. The van der Waals surface area contributed by atoms with E-state index in [1.54, 1.807) is 29.0 Å². The van der Waals surface area contributed by atoms with E-state index in [0.29, 0.717) is 31.9 Å². The Morgan fingerprint density at radius 3 is 2.29 bits per heavy atom. The first-order chi connectivity index (χ1) is 11.6. The third kappa shape index (κ3) is 3.53. The summed E-state index contributed by atoms with van der Waals surface area (Å²) in [5.41, 5.74) is 2.38. The average molecular weight is 324 g/mol. The summed E-state index contributed by atoms with van der Waals surface area (Å²) >= 11 is 0. The smallest absolute Gasteiger partial charge is 0.322 e. The maximum Gasteiger partial charge on any atom is 0.322 e. The summed E-state index contributed by atoms with van der Waals surface area (Å²) in [6, 6.07) is 13.2. The summed E-state index contributed by atoms with van der Waals surface area (Å²) in [5.74, 6) is 0.0497. The fourth-order valence-electron chi connectivity index (χ4n) is 2.75. The first kappa shape index (κ1) is 16.0. The lowest BCUT2D eigenvalue weighted by molar-refractivity contribution is -0.130. The van der Waals surface area contributed by atoms with Gasteiger partial charge in [-0.25, -0.2) is 4.79 Å². The van der Waals surface area contributed by atoms with Gasteiger partial charge in [-0.05, 0) is 12.1 Å². The molecule has 0 saturated carbocycles. The van der Waals surface area contributed by atoms with E-state index < -0.39 is 0 Å². The van der Waals surface area contributed by atoms with Gasteiger partial charge in [-0.15, -0.1) is 0 Å². The second-order valence-corrected chi connectivity index (χ2v) is 5.69. The molecular weight excluding hydrogens is 304 g/mol. The van der Waals surface area contributed by atoms with Gasteiger partial charge < -0.3 is 15.1 Å². The number of pyridine rings is 1. The first-order valence-electron chi connectivity index (χ1n) is 7.97. The molecule has 2 aromatic rings. The molecule has 0 unspecified atom stereocenters. The number of rotatable bonds is 2. The number of carbonyl (C=O) groups is 2. The van der Waals surface area contributed by atoms with Crippen LogP contribution in [0.2, 0.25) is 0 Å². The normalized spacial score (nSPS) is 14.4. The molecule has 1 aliphatic heterocycles. The van der Waals surface area contributed by atoms with Crippen LogP contribution in [0.25, 0.3) is 11.3 Å². The lowest BCUT2D eigenvalue weighted by Gasteiger charge is -2.34. The zero-order chi connectivity index (χ0) is 16.9. The number of nitrogens with zero attached hydrogens (tertiary/aromatic N) is 3. The molecule has 6 heteroatoms. The Balaban J connectivity index is 1.71. The van der Waals surface area contributed by atoms with Crippen molar-refractivity contribution in [2.45, 2.75) is 6.92 Å². The Labute approximate surface area is 141 Å². The highest BCUT2D eigenvalue weighted by Gasteiger charge is 2.23. The van der Waals surface area contributed by atoms with Crippen LogP contribution in [-0.4, -0.2) is 52.9 Å². The molecule has 6 nitrogen and oxygen atoms in total. The zero-order valence-corrected chi connectivity index (χ0v) is 13.6. The summed E-state index contributed by atoms with van der Waals surface area (Å²) in [7, 11) is 0. The SMILES string of the molecule is CC(=O)N1CCN(C(=O)Nc2cccnc2-c2ccccc2)CC1. The van der Waals surface area contributed by atoms with E-state index in [0.717, 1.165) is 11.3 Å². The molecule has 1 aromatic carbocycles. The Hall–Kier alpha value is -2.89. The Morgan fingerprint density at radius 2 is 1.62 bits per heavy atom. The van der Waals surface area contributed by atoms with Crippen LogP contribution in [-0.2, 0) is 4.79 Å². The van der Waals surface area contributed by atoms with Crippen molar-refractivity contribution in [3.8, 4) is 11.3 Å². The lowest BCUT2D eigenvalue weighted by Crippen LogP contribution is -2.51. The van der Waals surface area contributed by atoms with Crippen molar-refractivity contribution < 1.29 is 9.59 Å². The molecule has 1 saturated heterocycles. The summed E-state index contributed by atoms with van der Waals surface area (Å²) in [4.78, 5) is 31.8. The Morgan fingerprint density at radius 1 is 0.958 bits per heavy atom. The topological polar surface area (TPSA) is 65.5 Å². The van der Waals surface area contributed by atoms with Crippen molar-refractivity contribution >= 4 is 17.6 Å². The molecule has 124 valence electrons. The second kappa shape index (κ2) is 7.12. The van der Waals surface area contributed by atoms with Gasteiger partial charge in [0, 0.05) is 44.9 Å². The maximum atomic E-state index is 12.5. The number of amides is 3. The monoisotopic (exact) mass is 324 g/mol. The molecule has 1 aromatic heterocycles. The van der Waals surface area contributed by atoms with Crippen molar-refractivity contribution in [3.63, 3.8) is 0 Å². The molecule has 2 heterocycles. The van der Waals surface area contributed by atoms with Gasteiger partial charge >= 0.3 is 6.03 Å². The van der Waals surface area contributed by atoms with Gasteiger partial charge in [-0.3, -0.25) is 9.78 Å². The highest BCUT2D eigenvalue weighted by molar-refractivity contribution is 5.93. The van der Waals surface area contributed by atoms with Gasteiger partial charge in [0.2, 0.25) is 5.91 Å². The number of benzene rings is 1. The zero-order valence-electron chi connectivity index (χ0n) is 13.6. The molecule has 0 bridgehead atoms. The van der Waals surface area contributed by atoms with E-state index in [2.05, 4.69) is 10.3 Å². The van der Waals surface area contributed by atoms with Crippen molar-refractivity contribution in [2.24, 2.45) is 0 Å². The fraction of sp³-hybridized carbons (Fsp3) is 0.278. The van der Waals surface area contributed by atoms with Crippen molar-refractivity contribution in [2.75, 3.05) is 31.5 Å². The van der Waals surface area contributed by atoms with E-state index in [-0.39, 0.29) is 11.9 Å². The summed E-state index contributed by atoms with van der Waals surface area (Å²) in [6.07, 6.45) is 1.71. The molecule has 0 atom stereocenters. The molecular formula is C18H20N4O2. The van der Waals surface area contributed by atoms with E-state index in [9.17, 15) is 9.59 Å². The van der Waals surface area contributed by atoms with E-state index in [4.69, 9.17) is 0 Å². The number of aromatic nitrogens is 1. The molecule has 0 spiro atoms. The highest BCUT2D eigenvalue weighted by atomic mass is 16.2. The van der Waals surface area contributed by atoms with Crippen molar-refractivity contribution in [1.29, 1.82) is 0 Å². The van der Waals surface area contributed by atoms with Crippen LogP contribution in [0, 0.1) is 0 Å². The maximum absolute atomic E-state index is 12.5. The minimum Gasteiger partial charge on any atom is -0.339 e. The molecule has 1 aliphatic rings. The predicted octanol–water partition coefficient (Wildman–Crippen LogP) is 2.44. The minimum atomic E-state index is -0.164. The first-order valence-corrected chi connectivity index (χ1v) is 7.97. The van der Waals surface area contributed by atoms with E-state index >= 15 is 0 Å². The van der Waals surface area contributed by atoms with Crippen LogP contribution < -0.4 is 5.32 Å². The summed E-state index contributed by atoms with van der Waals surface area (Å²) in [5, 5.41) is 2.94. The molecule has 24 heavy (non-hydrogen) atoms. The molecule has 1 N–H and O–H groups in total. The van der Waals surface area contributed by atoms with Crippen LogP contribution >= 0.6 is 0 Å². The van der Waals surface area contributed by atoms with E-state index in [1.807, 2.05) is 36.4 Å². The molecule has 0 radical (unpaired) electrons. The van der Waals surface area contributed by atoms with Gasteiger partial charge in [0.05, 0.1) is 11.4 Å². The van der Waals surface area contributed by atoms with Crippen molar-refractivity contribution in [1.82, 2.24) is 14.8 Å². The number of hydrogen-bond acceptors (Lipinski definition) is 3. The molecule has 1 fully saturated rings. The highest BCUT2D eigenvalue weighted by Crippen LogP contribution is 2.25. The Bertz CT molecular complexity index is 725. The van der Waals surface area contributed by atoms with Crippen LogP contribution in [0.4, 0.5) is 10.5 Å². The molecule has 0 aliphatic carbocycles. The van der Waals surface area contributed by atoms with Gasteiger partial charge in [0.15, 0.2) is 0 Å². The van der Waals surface area contributed by atoms with Crippen LogP contribution in [0.15, 0.2) is 48.7 Å². The second-order valence-electron chi connectivity index (χ2n) is 5.69. The van der Waals surface area contributed by atoms with Gasteiger partial charge in [0.1, 0.15) is 0 Å². The van der Waals surface area contributed by atoms with Crippen molar-refractivity contribution in [3.05, 3.63) is 48.7 Å². The largest absolute Gasteiger partial charge is 0.339 e. The third-order valence-corrected chi connectivity index (χ3v) is 4.11. The minimum absolute atomic E-state index is 0.0497. The van der Waals surface area contributed by atoms with E-state index in [1.165, 1.54) is 0 Å². The molecule has 3 amide bonds. The van der Waals surface area contributed by atoms with Gasteiger partial charge in [0.25, 0.3) is 0 Å². The summed E-state index contributed by atoms with van der Waals surface area (Å²) in [6.45, 7) is 3.76. The lowest BCUT2D eigenvalue weighted by atomic mass is 10.1. The van der Waals surface area contributed by atoms with Crippen LogP contribution in [0.1, 0.15) is 6.92 Å². The fourth-order valence-corrected chi connectivity index (χ4v) is 2.75. The van der Waals surface area contributed by atoms with Gasteiger partial charge in [-0.1, -0.05) is 30.3 Å². The number of urea groups is 1. The third-order valence-electron chi connectivity index (χ3n) is 4.11. The number of piperazine rings is 1. The van der Waals surface area contributed by atoms with Crippen LogP contribution in [0.5, 0.6) is 0 Å². The van der Waals surface area contributed by atoms with Gasteiger partial charge in [-0.2, -0.15) is 0 Å². The number of hydrogen-bond donors (Lipinski definition) is 1. The summed E-state index contributed by atoms with van der Waals surface area (Å²) < 4.78 is 0. The van der Waals surface area contributed by atoms with Crippen LogP contribution in [0.3, 0.4) is 0 Å². The number of anilines is 1. The number of nitrogens with one attached hydrogen (secondary N) is 1. The quantitative estimate of drug-likeness (QED) is 0.923.